The molecule has 0 amide bonds. The fraction of sp³-hybridized carbons (Fsp3) is 0.158. The standard InChI is InChI=1S/C19H16ClN3O2/c1-23-19(25)15(7-8-22-23)11-18(24)17-6-5-14(12-21-17)9-13-3-2-4-16(20)10-13/h2-8,10,12H,9,11H2,1H3. The highest BCUT2D eigenvalue weighted by Gasteiger charge is 2.12. The molecule has 0 fully saturated rings. The molecule has 2 aromatic heterocycles. The van der Waals surface area contributed by atoms with Crippen molar-refractivity contribution in [3.63, 3.8) is 0 Å². The van der Waals surface area contributed by atoms with Crippen LogP contribution in [0.1, 0.15) is 27.2 Å². The van der Waals surface area contributed by atoms with Crippen molar-refractivity contribution in [2.24, 2.45) is 7.05 Å². The first-order chi connectivity index (χ1) is 12.0. The summed E-state index contributed by atoms with van der Waals surface area (Å²) in [6.07, 6.45) is 3.88. The first-order valence-corrected chi connectivity index (χ1v) is 8.14. The molecule has 0 aliphatic heterocycles. The number of aryl methyl sites for hydroxylation is 1. The van der Waals surface area contributed by atoms with Gasteiger partial charge in [-0.3, -0.25) is 14.6 Å². The fourth-order valence-electron chi connectivity index (χ4n) is 2.53. The maximum Gasteiger partial charge on any atom is 0.270 e. The van der Waals surface area contributed by atoms with E-state index in [0.29, 0.717) is 22.7 Å². The van der Waals surface area contributed by atoms with E-state index in [-0.39, 0.29) is 17.8 Å². The molecule has 1 aromatic carbocycles. The lowest BCUT2D eigenvalue weighted by Crippen LogP contribution is -2.24. The second-order valence-corrected chi connectivity index (χ2v) is 6.18. The molecule has 0 aliphatic rings. The van der Waals surface area contributed by atoms with Gasteiger partial charge in [0.2, 0.25) is 0 Å². The number of Topliss-reactive ketones (excluding diaryl/α,β-unsaturated/α-hetero) is 1. The van der Waals surface area contributed by atoms with E-state index in [1.54, 1.807) is 25.4 Å². The monoisotopic (exact) mass is 353 g/mol. The Balaban J connectivity index is 1.72. The Morgan fingerprint density at radius 3 is 2.72 bits per heavy atom. The first-order valence-electron chi connectivity index (χ1n) is 7.77. The average Bonchev–Trinajstić information content (AvgIpc) is 2.59. The number of halogens is 1. The summed E-state index contributed by atoms with van der Waals surface area (Å²) in [6, 6.07) is 12.7. The quantitative estimate of drug-likeness (QED) is 0.661. The molecule has 126 valence electrons. The van der Waals surface area contributed by atoms with Gasteiger partial charge in [-0.1, -0.05) is 29.8 Å². The number of carbonyl (C=O) groups excluding carboxylic acids is 1. The van der Waals surface area contributed by atoms with Gasteiger partial charge in [-0.25, -0.2) is 4.68 Å². The summed E-state index contributed by atoms with van der Waals surface area (Å²) >= 11 is 5.99. The van der Waals surface area contributed by atoms with E-state index in [1.165, 1.54) is 10.9 Å². The van der Waals surface area contributed by atoms with Crippen molar-refractivity contribution < 1.29 is 4.79 Å². The van der Waals surface area contributed by atoms with Crippen molar-refractivity contribution in [2.75, 3.05) is 0 Å². The molecule has 25 heavy (non-hydrogen) atoms. The summed E-state index contributed by atoms with van der Waals surface area (Å²) in [5, 5.41) is 4.54. The minimum absolute atomic E-state index is 0.00976. The molecule has 0 N–H and O–H groups in total. The highest BCUT2D eigenvalue weighted by molar-refractivity contribution is 6.30. The maximum atomic E-state index is 12.3. The number of hydrogen-bond donors (Lipinski definition) is 0. The molecule has 0 aliphatic carbocycles. The van der Waals surface area contributed by atoms with Crippen LogP contribution in [-0.2, 0) is 19.9 Å². The van der Waals surface area contributed by atoms with E-state index in [2.05, 4.69) is 10.1 Å². The number of carbonyl (C=O) groups is 1. The molecule has 0 bridgehead atoms. The second kappa shape index (κ2) is 7.40. The Morgan fingerprint density at radius 2 is 2.00 bits per heavy atom. The predicted molar refractivity (Wildman–Crippen MR) is 96.0 cm³/mol. The van der Waals surface area contributed by atoms with Gasteiger partial charge in [0, 0.05) is 36.4 Å². The van der Waals surface area contributed by atoms with E-state index >= 15 is 0 Å². The SMILES string of the molecule is Cn1nccc(CC(=O)c2ccc(Cc3cccc(Cl)c3)cn2)c1=O. The van der Waals surface area contributed by atoms with E-state index < -0.39 is 0 Å². The van der Waals surface area contributed by atoms with Crippen LogP contribution in [0.15, 0.2) is 59.7 Å². The highest BCUT2D eigenvalue weighted by Crippen LogP contribution is 2.15. The molecule has 0 saturated carbocycles. The van der Waals surface area contributed by atoms with E-state index in [1.807, 2.05) is 30.3 Å². The largest absolute Gasteiger partial charge is 0.292 e. The summed E-state index contributed by atoms with van der Waals surface area (Å²) in [5.74, 6) is -0.197. The van der Waals surface area contributed by atoms with Crippen LogP contribution in [0.4, 0.5) is 0 Å². The van der Waals surface area contributed by atoms with Crippen LogP contribution in [0.5, 0.6) is 0 Å². The maximum absolute atomic E-state index is 12.3. The van der Waals surface area contributed by atoms with E-state index in [4.69, 9.17) is 11.6 Å². The molecular weight excluding hydrogens is 338 g/mol. The summed E-state index contributed by atoms with van der Waals surface area (Å²) in [5.41, 5.74) is 2.54. The Morgan fingerprint density at radius 1 is 1.16 bits per heavy atom. The van der Waals surface area contributed by atoms with Gasteiger partial charge in [0.25, 0.3) is 5.56 Å². The fourth-order valence-corrected chi connectivity index (χ4v) is 2.74. The van der Waals surface area contributed by atoms with Gasteiger partial charge in [0.05, 0.1) is 0 Å². The summed E-state index contributed by atoms with van der Waals surface area (Å²) in [4.78, 5) is 28.5. The van der Waals surface area contributed by atoms with Crippen molar-refractivity contribution in [1.82, 2.24) is 14.8 Å². The minimum Gasteiger partial charge on any atom is -0.292 e. The van der Waals surface area contributed by atoms with Crippen LogP contribution in [0.3, 0.4) is 0 Å². The number of aromatic nitrogens is 3. The van der Waals surface area contributed by atoms with Crippen molar-refractivity contribution >= 4 is 17.4 Å². The molecule has 2 heterocycles. The third-order valence-electron chi connectivity index (χ3n) is 3.84. The Labute approximate surface area is 149 Å². The molecule has 0 saturated heterocycles. The molecule has 0 radical (unpaired) electrons. The predicted octanol–water partition coefficient (Wildman–Crippen LogP) is 2.84. The summed E-state index contributed by atoms with van der Waals surface area (Å²) in [7, 11) is 1.55. The average molecular weight is 354 g/mol. The number of hydrogen-bond acceptors (Lipinski definition) is 4. The van der Waals surface area contributed by atoms with Crippen LogP contribution in [0.2, 0.25) is 5.02 Å². The van der Waals surface area contributed by atoms with Crippen LogP contribution >= 0.6 is 11.6 Å². The van der Waals surface area contributed by atoms with Crippen molar-refractivity contribution in [3.05, 3.63) is 92.6 Å². The van der Waals surface area contributed by atoms with Gasteiger partial charge in [0.15, 0.2) is 5.78 Å². The molecule has 0 spiro atoms. The van der Waals surface area contributed by atoms with Gasteiger partial charge >= 0.3 is 0 Å². The van der Waals surface area contributed by atoms with E-state index in [9.17, 15) is 9.59 Å². The summed E-state index contributed by atoms with van der Waals surface area (Å²) in [6.45, 7) is 0. The number of nitrogens with zero attached hydrogens (tertiary/aromatic N) is 3. The van der Waals surface area contributed by atoms with Gasteiger partial charge in [-0.05, 0) is 41.8 Å². The number of ketones is 1. The first kappa shape index (κ1) is 17.0. The lowest BCUT2D eigenvalue weighted by atomic mass is 10.0. The lowest BCUT2D eigenvalue weighted by Gasteiger charge is -2.05. The zero-order chi connectivity index (χ0) is 17.8. The van der Waals surface area contributed by atoms with Crippen LogP contribution in [0, 0.1) is 0 Å². The smallest absolute Gasteiger partial charge is 0.270 e. The van der Waals surface area contributed by atoms with Crippen molar-refractivity contribution in [2.45, 2.75) is 12.8 Å². The lowest BCUT2D eigenvalue weighted by molar-refractivity contribution is 0.0987. The highest BCUT2D eigenvalue weighted by atomic mass is 35.5. The normalized spacial score (nSPS) is 10.6. The molecule has 3 aromatic rings. The number of rotatable bonds is 5. The zero-order valence-corrected chi connectivity index (χ0v) is 14.4. The van der Waals surface area contributed by atoms with Crippen molar-refractivity contribution in [1.29, 1.82) is 0 Å². The Bertz CT molecular complexity index is 965. The molecule has 3 rings (SSSR count). The molecular formula is C19H16ClN3O2. The topological polar surface area (TPSA) is 64.8 Å². The van der Waals surface area contributed by atoms with Gasteiger partial charge < -0.3 is 0 Å². The van der Waals surface area contributed by atoms with Gasteiger partial charge in [-0.15, -0.1) is 0 Å². The van der Waals surface area contributed by atoms with Gasteiger partial charge in [0.1, 0.15) is 5.69 Å². The third kappa shape index (κ3) is 4.19. The number of benzene rings is 1. The Hall–Kier alpha value is -2.79. The molecule has 0 atom stereocenters. The summed E-state index contributed by atoms with van der Waals surface area (Å²) < 4.78 is 1.21. The molecule has 5 nitrogen and oxygen atoms in total. The Kier molecular flexibility index (Phi) is 5.05. The molecule has 0 unspecified atom stereocenters. The third-order valence-corrected chi connectivity index (χ3v) is 4.08. The molecule has 6 heteroatoms. The minimum atomic E-state index is -0.270. The van der Waals surface area contributed by atoms with Crippen LogP contribution < -0.4 is 5.56 Å². The second-order valence-electron chi connectivity index (χ2n) is 5.74. The van der Waals surface area contributed by atoms with Crippen LogP contribution in [0.25, 0.3) is 0 Å². The van der Waals surface area contributed by atoms with Gasteiger partial charge in [-0.2, -0.15) is 5.10 Å². The zero-order valence-electron chi connectivity index (χ0n) is 13.6. The van der Waals surface area contributed by atoms with Crippen molar-refractivity contribution in [3.8, 4) is 0 Å². The van der Waals surface area contributed by atoms with E-state index in [0.717, 1.165) is 11.1 Å². The van der Waals surface area contributed by atoms with Crippen LogP contribution in [-0.4, -0.2) is 20.5 Å². The number of pyridine rings is 1.